The van der Waals surface area contributed by atoms with Gasteiger partial charge in [-0.1, -0.05) is 31.2 Å². The minimum Gasteiger partial charge on any atom is -0.459 e. The second-order valence-corrected chi connectivity index (χ2v) is 5.81. The van der Waals surface area contributed by atoms with Crippen molar-refractivity contribution in [3.63, 3.8) is 0 Å². The normalized spacial score (nSPS) is 16.1. The van der Waals surface area contributed by atoms with Crippen molar-refractivity contribution in [1.82, 2.24) is 0 Å². The molecule has 126 valence electrons. The van der Waals surface area contributed by atoms with Gasteiger partial charge in [0.25, 0.3) is 5.91 Å². The van der Waals surface area contributed by atoms with E-state index in [0.29, 0.717) is 17.8 Å². The number of nitrogens with one attached hydrogen (secondary N) is 2. The van der Waals surface area contributed by atoms with Crippen molar-refractivity contribution in [3.8, 4) is 6.07 Å². The highest BCUT2D eigenvalue weighted by molar-refractivity contribution is 6.17. The van der Waals surface area contributed by atoms with Crippen molar-refractivity contribution < 1.29 is 14.3 Å². The molecule has 2 N–H and O–H groups in total. The Hall–Kier alpha value is -3.33. The number of carbonyl (C=O) groups is 2. The highest BCUT2D eigenvalue weighted by Crippen LogP contribution is 2.33. The molecule has 0 fully saturated rings. The fourth-order valence-corrected chi connectivity index (χ4v) is 2.53. The number of amides is 1. The molecular weight excluding hydrogens is 318 g/mol. The summed E-state index contributed by atoms with van der Waals surface area (Å²) in [4.78, 5) is 24.6. The summed E-state index contributed by atoms with van der Waals surface area (Å²) in [5.74, 6) is -1.35. The Morgan fingerprint density at radius 3 is 2.36 bits per heavy atom. The highest BCUT2D eigenvalue weighted by atomic mass is 16.5. The molecule has 3 rings (SSSR count). The van der Waals surface area contributed by atoms with E-state index in [4.69, 9.17) is 4.74 Å². The van der Waals surface area contributed by atoms with Gasteiger partial charge in [-0.25, -0.2) is 4.79 Å². The van der Waals surface area contributed by atoms with Gasteiger partial charge < -0.3 is 15.4 Å². The Kier molecular flexibility index (Phi) is 4.40. The molecule has 2 aromatic carbocycles. The van der Waals surface area contributed by atoms with Gasteiger partial charge in [-0.05, 0) is 36.2 Å². The van der Waals surface area contributed by atoms with Crippen LogP contribution in [0, 0.1) is 11.3 Å². The number of nitriles is 1. The van der Waals surface area contributed by atoms with Crippen molar-refractivity contribution in [2.75, 3.05) is 10.6 Å². The fourth-order valence-electron chi connectivity index (χ4n) is 2.53. The molecule has 2 aromatic rings. The molecule has 0 saturated heterocycles. The van der Waals surface area contributed by atoms with Gasteiger partial charge in [0, 0.05) is 0 Å². The van der Waals surface area contributed by atoms with Crippen LogP contribution in [0.5, 0.6) is 0 Å². The van der Waals surface area contributed by atoms with Crippen molar-refractivity contribution in [1.29, 1.82) is 5.26 Å². The third-order valence-corrected chi connectivity index (χ3v) is 4.07. The average Bonchev–Trinajstić information content (AvgIpc) is 2.61. The Bertz CT molecular complexity index is 941. The van der Waals surface area contributed by atoms with E-state index in [2.05, 4.69) is 10.6 Å². The predicted molar refractivity (Wildman–Crippen MR) is 94.7 cm³/mol. The van der Waals surface area contributed by atoms with Crippen LogP contribution in [0.2, 0.25) is 0 Å². The number of hydrogen-bond acceptors (Lipinski definition) is 5. The number of rotatable bonds is 3. The molecule has 0 bridgehead atoms. The van der Waals surface area contributed by atoms with E-state index in [1.807, 2.05) is 43.3 Å². The molecular formula is C19H17N3O3. The van der Waals surface area contributed by atoms with Crippen LogP contribution < -0.4 is 10.6 Å². The number of nitrogens with zero attached hydrogens (tertiary/aromatic N) is 1. The molecule has 0 radical (unpaired) electrons. The summed E-state index contributed by atoms with van der Waals surface area (Å²) < 4.78 is 5.17. The topological polar surface area (TPSA) is 91.2 Å². The maximum Gasteiger partial charge on any atom is 0.351 e. The van der Waals surface area contributed by atoms with Gasteiger partial charge in [-0.2, -0.15) is 5.26 Å². The van der Waals surface area contributed by atoms with Gasteiger partial charge in [0.05, 0.1) is 17.5 Å². The van der Waals surface area contributed by atoms with E-state index in [1.165, 1.54) is 0 Å². The van der Waals surface area contributed by atoms with Crippen LogP contribution in [0.3, 0.4) is 0 Å². The van der Waals surface area contributed by atoms with Crippen LogP contribution in [0.25, 0.3) is 10.8 Å². The van der Waals surface area contributed by atoms with Crippen molar-refractivity contribution in [3.05, 3.63) is 47.7 Å². The zero-order chi connectivity index (χ0) is 18.0. The van der Waals surface area contributed by atoms with E-state index in [0.717, 1.165) is 10.8 Å². The average molecular weight is 335 g/mol. The fraction of sp³-hybridized carbons (Fsp3) is 0.211. The minimum atomic E-state index is -0.807. The summed E-state index contributed by atoms with van der Waals surface area (Å²) in [7, 11) is 0. The third-order valence-electron chi connectivity index (χ3n) is 4.07. The van der Waals surface area contributed by atoms with E-state index in [-0.39, 0.29) is 17.4 Å². The summed E-state index contributed by atoms with van der Waals surface area (Å²) in [6.07, 6.45) is 0.285. The first-order valence-corrected chi connectivity index (χ1v) is 8.00. The number of anilines is 2. The summed E-state index contributed by atoms with van der Waals surface area (Å²) in [5, 5.41) is 16.9. The lowest BCUT2D eigenvalue weighted by atomic mass is 10.1. The van der Waals surface area contributed by atoms with E-state index >= 15 is 0 Å². The summed E-state index contributed by atoms with van der Waals surface area (Å²) >= 11 is 0. The highest BCUT2D eigenvalue weighted by Gasteiger charge is 2.28. The maximum atomic E-state index is 12.4. The predicted octanol–water partition coefficient (Wildman–Crippen LogP) is 3.32. The van der Waals surface area contributed by atoms with Gasteiger partial charge in [0.2, 0.25) is 0 Å². The van der Waals surface area contributed by atoms with Gasteiger partial charge >= 0.3 is 5.97 Å². The van der Waals surface area contributed by atoms with Gasteiger partial charge in [-0.3, -0.25) is 4.79 Å². The molecule has 1 amide bonds. The molecule has 1 atom stereocenters. The number of hydrogen-bond donors (Lipinski definition) is 2. The number of fused-ring (bicyclic) bond motifs is 2. The molecule has 25 heavy (non-hydrogen) atoms. The molecule has 0 saturated carbocycles. The number of carbonyl (C=O) groups excluding carboxylic acids is 2. The first-order chi connectivity index (χ1) is 12.0. The second-order valence-electron chi connectivity index (χ2n) is 5.81. The molecule has 1 heterocycles. The van der Waals surface area contributed by atoms with Gasteiger partial charge in [0.15, 0.2) is 5.57 Å². The molecule has 1 aliphatic heterocycles. The standard InChI is InChI=1S/C19H17N3O3/c1-3-11(2)25-19(24)14(10-20)17-18(23)22-16-9-13-7-5-4-6-12(13)8-15(16)21-17/h4-9,11,21H,3H2,1-2H3,(H,22,23)/b17-14+. The zero-order valence-electron chi connectivity index (χ0n) is 13.9. The Labute approximate surface area is 145 Å². The lowest BCUT2D eigenvalue weighted by molar-refractivity contribution is -0.143. The molecule has 0 aromatic heterocycles. The molecule has 0 aliphatic carbocycles. The molecule has 6 nitrogen and oxygen atoms in total. The Morgan fingerprint density at radius 2 is 1.80 bits per heavy atom. The molecule has 1 aliphatic rings. The third kappa shape index (κ3) is 3.17. The molecule has 6 heteroatoms. The summed E-state index contributed by atoms with van der Waals surface area (Å²) in [6.45, 7) is 3.59. The smallest absolute Gasteiger partial charge is 0.351 e. The Balaban J connectivity index is 2.02. The van der Waals surface area contributed by atoms with Crippen LogP contribution >= 0.6 is 0 Å². The van der Waals surface area contributed by atoms with Crippen LogP contribution in [0.4, 0.5) is 11.4 Å². The minimum absolute atomic E-state index is 0.0985. The van der Waals surface area contributed by atoms with Crippen molar-refractivity contribution >= 4 is 34.0 Å². The summed E-state index contributed by atoms with van der Waals surface area (Å²) in [6, 6.07) is 13.2. The first-order valence-electron chi connectivity index (χ1n) is 8.00. The van der Waals surface area contributed by atoms with Crippen molar-refractivity contribution in [2.45, 2.75) is 26.4 Å². The maximum absolute atomic E-state index is 12.4. The monoisotopic (exact) mass is 335 g/mol. The first kappa shape index (κ1) is 16.5. The number of esters is 1. The molecule has 0 spiro atoms. The number of ether oxygens (including phenoxy) is 1. The van der Waals surface area contributed by atoms with Crippen LogP contribution in [0.1, 0.15) is 20.3 Å². The lowest BCUT2D eigenvalue weighted by Gasteiger charge is -2.22. The largest absolute Gasteiger partial charge is 0.459 e. The van der Waals surface area contributed by atoms with Gasteiger partial charge in [-0.15, -0.1) is 0 Å². The Morgan fingerprint density at radius 1 is 1.20 bits per heavy atom. The van der Waals surface area contributed by atoms with Gasteiger partial charge in [0.1, 0.15) is 11.8 Å². The SMILES string of the molecule is CCC(C)OC(=O)/C(C#N)=C1/Nc2cc3ccccc3cc2NC1=O. The number of benzene rings is 2. The van der Waals surface area contributed by atoms with Crippen molar-refractivity contribution in [2.24, 2.45) is 0 Å². The van der Waals surface area contributed by atoms with E-state index in [9.17, 15) is 14.9 Å². The van der Waals surface area contributed by atoms with Crippen LogP contribution in [0.15, 0.2) is 47.7 Å². The van der Waals surface area contributed by atoms with E-state index < -0.39 is 11.9 Å². The zero-order valence-corrected chi connectivity index (χ0v) is 13.9. The quantitative estimate of drug-likeness (QED) is 0.510. The summed E-state index contributed by atoms with van der Waals surface area (Å²) in [5.41, 5.74) is 0.785. The van der Waals surface area contributed by atoms with Crippen LogP contribution in [-0.2, 0) is 14.3 Å². The molecule has 1 unspecified atom stereocenters. The lowest BCUT2D eigenvalue weighted by Crippen LogP contribution is -2.29. The van der Waals surface area contributed by atoms with E-state index in [1.54, 1.807) is 13.0 Å². The second kappa shape index (κ2) is 6.65. The van der Waals surface area contributed by atoms with Crippen LogP contribution in [-0.4, -0.2) is 18.0 Å².